The molecule has 0 unspecified atom stereocenters. The number of nitrogens with zero attached hydrogens (tertiary/aromatic N) is 2. The Bertz CT molecular complexity index is 432. The Hall–Kier alpha value is -1.25. The lowest BCUT2D eigenvalue weighted by atomic mass is 9.98. The molecule has 0 N–H and O–H groups in total. The fourth-order valence-corrected chi connectivity index (χ4v) is 3.50. The van der Waals surface area contributed by atoms with Gasteiger partial charge in [0.25, 0.3) is 0 Å². The Balaban J connectivity index is 1.97. The zero-order chi connectivity index (χ0) is 14.7. The van der Waals surface area contributed by atoms with E-state index in [1.165, 1.54) is 11.4 Å². The maximum Gasteiger partial charge on any atom is 0.225 e. The van der Waals surface area contributed by atoms with Crippen LogP contribution in [0.5, 0.6) is 0 Å². The highest BCUT2D eigenvalue weighted by atomic mass is 16.2. The van der Waals surface area contributed by atoms with Crippen molar-refractivity contribution >= 4 is 5.91 Å². The van der Waals surface area contributed by atoms with Gasteiger partial charge in [0.15, 0.2) is 0 Å². The Labute approximate surface area is 123 Å². The zero-order valence-electron chi connectivity index (χ0n) is 13.4. The number of rotatable bonds is 4. The molecule has 2 heterocycles. The first-order valence-electron chi connectivity index (χ1n) is 8.01. The van der Waals surface area contributed by atoms with Crippen LogP contribution < -0.4 is 0 Å². The smallest absolute Gasteiger partial charge is 0.225 e. The lowest BCUT2D eigenvalue weighted by Crippen LogP contribution is -2.42. The second-order valence-electron chi connectivity index (χ2n) is 6.06. The lowest BCUT2D eigenvalue weighted by Gasteiger charge is -2.35. The van der Waals surface area contributed by atoms with Crippen molar-refractivity contribution < 1.29 is 4.79 Å². The van der Waals surface area contributed by atoms with Crippen LogP contribution in [0, 0.1) is 19.8 Å². The topological polar surface area (TPSA) is 25.2 Å². The molecule has 2 rings (SSSR count). The molecule has 0 bridgehead atoms. The van der Waals surface area contributed by atoms with Crippen LogP contribution in [0.3, 0.4) is 0 Å². The summed E-state index contributed by atoms with van der Waals surface area (Å²) in [4.78, 5) is 14.5. The normalized spacial score (nSPS) is 16.9. The molecule has 0 spiro atoms. The van der Waals surface area contributed by atoms with Gasteiger partial charge in [-0.3, -0.25) is 4.79 Å². The third-order valence-corrected chi connectivity index (χ3v) is 4.80. The van der Waals surface area contributed by atoms with Gasteiger partial charge in [0.1, 0.15) is 0 Å². The molecule has 20 heavy (non-hydrogen) atoms. The first kappa shape index (κ1) is 15.1. The average molecular weight is 276 g/mol. The van der Waals surface area contributed by atoms with E-state index < -0.39 is 0 Å². The van der Waals surface area contributed by atoms with E-state index >= 15 is 0 Å². The number of likely N-dealkylation sites (tertiary alicyclic amines) is 1. The number of aryl methyl sites for hydroxylation is 2. The largest absolute Gasteiger partial charge is 0.346 e. The van der Waals surface area contributed by atoms with Gasteiger partial charge in [-0.25, -0.2) is 0 Å². The molecule has 0 atom stereocenters. The number of carbonyl (C=O) groups is 1. The molecule has 1 saturated heterocycles. The van der Waals surface area contributed by atoms with Crippen molar-refractivity contribution in [1.29, 1.82) is 0 Å². The number of aromatic nitrogens is 1. The minimum atomic E-state index is 0.224. The van der Waals surface area contributed by atoms with E-state index in [0.717, 1.165) is 38.8 Å². The second kappa shape index (κ2) is 6.47. The Morgan fingerprint density at radius 1 is 1.15 bits per heavy atom. The molecule has 3 heteroatoms. The lowest BCUT2D eigenvalue weighted by molar-refractivity contribution is -0.137. The Morgan fingerprint density at radius 3 is 2.10 bits per heavy atom. The van der Waals surface area contributed by atoms with Gasteiger partial charge in [0.2, 0.25) is 5.91 Å². The molecule has 1 aromatic rings. The summed E-state index contributed by atoms with van der Waals surface area (Å²) in [6.07, 6.45) is 4.10. The van der Waals surface area contributed by atoms with Gasteiger partial charge in [-0.2, -0.15) is 0 Å². The Kier molecular flexibility index (Phi) is 4.90. The van der Waals surface area contributed by atoms with Gasteiger partial charge >= 0.3 is 0 Å². The van der Waals surface area contributed by atoms with Gasteiger partial charge in [-0.05, 0) is 51.7 Å². The molecular weight excluding hydrogens is 248 g/mol. The molecule has 3 nitrogen and oxygen atoms in total. The molecule has 0 aliphatic carbocycles. The highest BCUT2D eigenvalue weighted by Gasteiger charge is 2.27. The molecule has 1 amide bonds. The predicted octanol–water partition coefficient (Wildman–Crippen LogP) is 3.70. The number of carbonyl (C=O) groups excluding carboxylic acids is 1. The van der Waals surface area contributed by atoms with E-state index in [-0.39, 0.29) is 5.92 Å². The van der Waals surface area contributed by atoms with E-state index in [1.54, 1.807) is 0 Å². The number of hydrogen-bond acceptors (Lipinski definition) is 1. The zero-order valence-corrected chi connectivity index (χ0v) is 13.4. The maximum atomic E-state index is 12.4. The van der Waals surface area contributed by atoms with Gasteiger partial charge in [-0.1, -0.05) is 13.8 Å². The van der Waals surface area contributed by atoms with E-state index in [1.807, 2.05) is 0 Å². The van der Waals surface area contributed by atoms with E-state index in [9.17, 15) is 4.79 Å². The van der Waals surface area contributed by atoms with Crippen molar-refractivity contribution in [2.45, 2.75) is 59.4 Å². The van der Waals surface area contributed by atoms with Crippen LogP contribution in [0.15, 0.2) is 12.1 Å². The van der Waals surface area contributed by atoms with Crippen molar-refractivity contribution in [2.75, 3.05) is 13.1 Å². The van der Waals surface area contributed by atoms with Crippen LogP contribution >= 0.6 is 0 Å². The molecule has 1 aromatic heterocycles. The van der Waals surface area contributed by atoms with Gasteiger partial charge in [0, 0.05) is 36.4 Å². The number of piperidine rings is 1. The predicted molar refractivity (Wildman–Crippen MR) is 82.8 cm³/mol. The van der Waals surface area contributed by atoms with Crippen LogP contribution in [0.1, 0.15) is 57.0 Å². The first-order valence-corrected chi connectivity index (χ1v) is 8.01. The second-order valence-corrected chi connectivity index (χ2v) is 6.06. The summed E-state index contributed by atoms with van der Waals surface area (Å²) in [7, 11) is 0. The minimum Gasteiger partial charge on any atom is -0.346 e. The van der Waals surface area contributed by atoms with Crippen molar-refractivity contribution in [3.05, 3.63) is 23.5 Å². The molecular formula is C17H28N2O. The van der Waals surface area contributed by atoms with E-state index in [4.69, 9.17) is 0 Å². The fraction of sp³-hybridized carbons (Fsp3) is 0.706. The fourth-order valence-electron chi connectivity index (χ4n) is 3.50. The summed E-state index contributed by atoms with van der Waals surface area (Å²) in [6.45, 7) is 10.4. The van der Waals surface area contributed by atoms with Gasteiger partial charge in [0.05, 0.1) is 0 Å². The van der Waals surface area contributed by atoms with Crippen LogP contribution in [0.2, 0.25) is 0 Å². The number of hydrogen-bond donors (Lipinski definition) is 0. The molecule has 112 valence electrons. The third kappa shape index (κ3) is 2.92. The van der Waals surface area contributed by atoms with Crippen LogP contribution in [-0.2, 0) is 4.79 Å². The molecule has 1 aliphatic rings. The maximum absolute atomic E-state index is 12.4. The van der Waals surface area contributed by atoms with Crippen LogP contribution in [0.25, 0.3) is 0 Å². The standard InChI is InChI=1S/C17H28N2O/c1-5-15(6-2)17(20)18-11-9-16(10-12-18)19-13(3)7-8-14(19)4/h7-8,15-16H,5-6,9-12H2,1-4H3. The minimum absolute atomic E-state index is 0.224. The first-order chi connectivity index (χ1) is 9.58. The summed E-state index contributed by atoms with van der Waals surface area (Å²) in [5, 5.41) is 0. The van der Waals surface area contributed by atoms with Crippen molar-refractivity contribution in [3.63, 3.8) is 0 Å². The van der Waals surface area contributed by atoms with Crippen molar-refractivity contribution in [2.24, 2.45) is 5.92 Å². The summed E-state index contributed by atoms with van der Waals surface area (Å²) >= 11 is 0. The van der Waals surface area contributed by atoms with E-state index in [2.05, 4.69) is 49.3 Å². The highest BCUT2D eigenvalue weighted by Crippen LogP contribution is 2.27. The molecule has 1 aliphatic heterocycles. The molecule has 1 fully saturated rings. The molecule has 0 saturated carbocycles. The molecule has 0 radical (unpaired) electrons. The molecule has 0 aromatic carbocycles. The monoisotopic (exact) mass is 276 g/mol. The van der Waals surface area contributed by atoms with Crippen LogP contribution in [-0.4, -0.2) is 28.5 Å². The SMILES string of the molecule is CCC(CC)C(=O)N1CCC(n2c(C)ccc2C)CC1. The Morgan fingerprint density at radius 2 is 1.65 bits per heavy atom. The summed E-state index contributed by atoms with van der Waals surface area (Å²) in [6, 6.07) is 4.95. The average Bonchev–Trinajstić information content (AvgIpc) is 2.79. The quantitative estimate of drug-likeness (QED) is 0.823. The summed E-state index contributed by atoms with van der Waals surface area (Å²) in [5.41, 5.74) is 2.68. The summed E-state index contributed by atoms with van der Waals surface area (Å²) in [5.74, 6) is 0.594. The summed E-state index contributed by atoms with van der Waals surface area (Å²) < 4.78 is 2.44. The highest BCUT2D eigenvalue weighted by molar-refractivity contribution is 5.78. The van der Waals surface area contributed by atoms with E-state index in [0.29, 0.717) is 11.9 Å². The van der Waals surface area contributed by atoms with Crippen molar-refractivity contribution in [1.82, 2.24) is 9.47 Å². The van der Waals surface area contributed by atoms with Crippen molar-refractivity contribution in [3.8, 4) is 0 Å². The van der Waals surface area contributed by atoms with Crippen LogP contribution in [0.4, 0.5) is 0 Å². The number of amides is 1. The van der Waals surface area contributed by atoms with Gasteiger partial charge in [-0.15, -0.1) is 0 Å². The van der Waals surface area contributed by atoms with Gasteiger partial charge < -0.3 is 9.47 Å². The third-order valence-electron chi connectivity index (χ3n) is 4.80.